The van der Waals surface area contributed by atoms with Gasteiger partial charge >= 0.3 is 0 Å². The van der Waals surface area contributed by atoms with Gasteiger partial charge in [-0.3, -0.25) is 0 Å². The van der Waals surface area contributed by atoms with Gasteiger partial charge < -0.3 is 5.73 Å². The molecule has 2 N–H and O–H groups in total. The lowest BCUT2D eigenvalue weighted by Gasteiger charge is -2.16. The average molecular weight is 290 g/mol. The maximum Gasteiger partial charge on any atom is 0.142 e. The van der Waals surface area contributed by atoms with Gasteiger partial charge in [0.1, 0.15) is 11.6 Å². The van der Waals surface area contributed by atoms with E-state index in [4.69, 9.17) is 5.73 Å². The van der Waals surface area contributed by atoms with E-state index >= 15 is 0 Å². The quantitative estimate of drug-likeness (QED) is 0.572. The highest BCUT2D eigenvalue weighted by molar-refractivity contribution is 9.10. The lowest BCUT2D eigenvalue weighted by molar-refractivity contribution is 0.456. The fraction of sp³-hybridized carbons (Fsp3) is 0.500. The SMILES string of the molecule is CC1CCc2c(F)cc(Br)c(F)c2C(N)C1. The van der Waals surface area contributed by atoms with Gasteiger partial charge in [-0.2, -0.15) is 0 Å². The van der Waals surface area contributed by atoms with Gasteiger partial charge in [0, 0.05) is 11.6 Å². The minimum absolute atomic E-state index is 0.161. The zero-order valence-electron chi connectivity index (χ0n) is 9.06. The normalized spacial score (nSPS) is 25.1. The van der Waals surface area contributed by atoms with Crippen molar-refractivity contribution in [3.63, 3.8) is 0 Å². The van der Waals surface area contributed by atoms with Crippen LogP contribution in [0.25, 0.3) is 0 Å². The number of halogens is 3. The van der Waals surface area contributed by atoms with Crippen LogP contribution in [0.3, 0.4) is 0 Å². The first kappa shape index (κ1) is 12.0. The summed E-state index contributed by atoms with van der Waals surface area (Å²) in [4.78, 5) is 0. The first-order valence-corrected chi connectivity index (χ1v) is 6.21. The van der Waals surface area contributed by atoms with E-state index in [-0.39, 0.29) is 10.3 Å². The van der Waals surface area contributed by atoms with Crippen molar-refractivity contribution >= 4 is 15.9 Å². The third-order valence-electron chi connectivity index (χ3n) is 3.23. The smallest absolute Gasteiger partial charge is 0.142 e. The second kappa shape index (κ2) is 4.41. The molecule has 0 fully saturated rings. The Morgan fingerprint density at radius 2 is 2.12 bits per heavy atom. The number of hydrogen-bond donors (Lipinski definition) is 1. The molecular formula is C12H14BrF2N. The van der Waals surface area contributed by atoms with Gasteiger partial charge in [0.05, 0.1) is 4.47 Å². The minimum Gasteiger partial charge on any atom is -0.324 e. The van der Waals surface area contributed by atoms with Crippen LogP contribution in [-0.4, -0.2) is 0 Å². The third kappa shape index (κ3) is 2.00. The summed E-state index contributed by atoms with van der Waals surface area (Å²) >= 11 is 3.02. The van der Waals surface area contributed by atoms with Crippen molar-refractivity contribution in [2.75, 3.05) is 0 Å². The molecule has 1 aromatic rings. The van der Waals surface area contributed by atoms with Crippen molar-refractivity contribution in [3.05, 3.63) is 33.3 Å². The summed E-state index contributed by atoms with van der Waals surface area (Å²) in [7, 11) is 0. The first-order valence-electron chi connectivity index (χ1n) is 5.42. The molecule has 0 radical (unpaired) electrons. The Hall–Kier alpha value is -0.480. The van der Waals surface area contributed by atoms with Crippen molar-refractivity contribution in [2.24, 2.45) is 11.7 Å². The zero-order chi connectivity index (χ0) is 11.9. The van der Waals surface area contributed by atoms with E-state index in [1.807, 2.05) is 0 Å². The van der Waals surface area contributed by atoms with Crippen LogP contribution >= 0.6 is 15.9 Å². The highest BCUT2D eigenvalue weighted by atomic mass is 79.9. The van der Waals surface area contributed by atoms with Crippen LogP contribution in [0.4, 0.5) is 8.78 Å². The topological polar surface area (TPSA) is 26.0 Å². The maximum atomic E-state index is 13.9. The van der Waals surface area contributed by atoms with E-state index in [1.54, 1.807) is 0 Å². The predicted molar refractivity (Wildman–Crippen MR) is 63.1 cm³/mol. The van der Waals surface area contributed by atoms with Gasteiger partial charge in [-0.25, -0.2) is 8.78 Å². The highest BCUT2D eigenvalue weighted by Gasteiger charge is 2.26. The van der Waals surface area contributed by atoms with Crippen LogP contribution in [0.15, 0.2) is 10.5 Å². The molecule has 0 aliphatic heterocycles. The Morgan fingerprint density at radius 3 is 2.81 bits per heavy atom. The van der Waals surface area contributed by atoms with Crippen molar-refractivity contribution in [2.45, 2.75) is 32.2 Å². The molecule has 2 unspecified atom stereocenters. The monoisotopic (exact) mass is 289 g/mol. The Kier molecular flexibility index (Phi) is 3.31. The molecule has 2 rings (SSSR count). The molecule has 0 spiro atoms. The standard InChI is InChI=1S/C12H14BrF2N/c1-6-2-3-7-9(14)5-8(13)12(15)11(7)10(16)4-6/h5-6,10H,2-4,16H2,1H3. The molecule has 0 amide bonds. The molecule has 0 aromatic heterocycles. The molecular weight excluding hydrogens is 276 g/mol. The van der Waals surface area contributed by atoms with Crippen molar-refractivity contribution < 1.29 is 8.78 Å². The summed E-state index contributed by atoms with van der Waals surface area (Å²) in [6, 6.07) is 0.788. The first-order chi connectivity index (χ1) is 7.50. The van der Waals surface area contributed by atoms with Crippen LogP contribution < -0.4 is 5.73 Å². The predicted octanol–water partition coefficient (Wildman–Crippen LogP) is 3.70. The number of benzene rings is 1. The molecule has 1 nitrogen and oxygen atoms in total. The number of rotatable bonds is 0. The minimum atomic E-state index is -0.405. The summed E-state index contributed by atoms with van der Waals surface area (Å²) in [5, 5.41) is 0. The van der Waals surface area contributed by atoms with Crippen molar-refractivity contribution in [3.8, 4) is 0 Å². The number of fused-ring (bicyclic) bond motifs is 1. The molecule has 1 aliphatic rings. The second-order valence-electron chi connectivity index (χ2n) is 4.53. The molecule has 0 saturated carbocycles. The fourth-order valence-electron chi connectivity index (χ4n) is 2.35. The van der Waals surface area contributed by atoms with Crippen molar-refractivity contribution in [1.29, 1.82) is 0 Å². The average Bonchev–Trinajstić information content (AvgIpc) is 2.34. The zero-order valence-corrected chi connectivity index (χ0v) is 10.7. The molecule has 0 bridgehead atoms. The Labute approximate surface area is 102 Å². The highest BCUT2D eigenvalue weighted by Crippen LogP contribution is 2.36. The van der Waals surface area contributed by atoms with E-state index < -0.39 is 11.9 Å². The van der Waals surface area contributed by atoms with Gasteiger partial charge in [-0.1, -0.05) is 6.92 Å². The Morgan fingerprint density at radius 1 is 1.44 bits per heavy atom. The van der Waals surface area contributed by atoms with Gasteiger partial charge in [0.25, 0.3) is 0 Å². The lowest BCUT2D eigenvalue weighted by Crippen LogP contribution is -2.15. The van der Waals surface area contributed by atoms with E-state index in [0.717, 1.165) is 6.42 Å². The van der Waals surface area contributed by atoms with Gasteiger partial charge in [0.2, 0.25) is 0 Å². The van der Waals surface area contributed by atoms with E-state index in [0.29, 0.717) is 29.9 Å². The lowest BCUT2D eigenvalue weighted by atomic mass is 9.97. The Balaban J connectivity index is 2.59. The molecule has 16 heavy (non-hydrogen) atoms. The molecule has 1 aliphatic carbocycles. The van der Waals surface area contributed by atoms with E-state index in [9.17, 15) is 8.78 Å². The van der Waals surface area contributed by atoms with Gasteiger partial charge in [-0.05, 0) is 52.7 Å². The summed E-state index contributed by atoms with van der Waals surface area (Å²) in [5.74, 6) is -0.356. The maximum absolute atomic E-state index is 13.9. The van der Waals surface area contributed by atoms with Gasteiger partial charge in [0.15, 0.2) is 0 Å². The van der Waals surface area contributed by atoms with Crippen LogP contribution in [0, 0.1) is 17.6 Å². The molecule has 88 valence electrons. The Bertz CT molecular complexity index is 420. The summed E-state index contributed by atoms with van der Waals surface area (Å²) < 4.78 is 27.8. The van der Waals surface area contributed by atoms with E-state index in [2.05, 4.69) is 22.9 Å². The molecule has 1 aromatic carbocycles. The van der Waals surface area contributed by atoms with Crippen LogP contribution in [0.2, 0.25) is 0 Å². The molecule has 0 heterocycles. The number of hydrogen-bond acceptors (Lipinski definition) is 1. The fourth-order valence-corrected chi connectivity index (χ4v) is 2.77. The van der Waals surface area contributed by atoms with Crippen LogP contribution in [-0.2, 0) is 6.42 Å². The van der Waals surface area contributed by atoms with Gasteiger partial charge in [-0.15, -0.1) is 0 Å². The molecule has 4 heteroatoms. The number of nitrogens with two attached hydrogens (primary N) is 1. The second-order valence-corrected chi connectivity index (χ2v) is 5.39. The van der Waals surface area contributed by atoms with Crippen LogP contribution in [0.5, 0.6) is 0 Å². The summed E-state index contributed by atoms with van der Waals surface area (Å²) in [5.41, 5.74) is 6.76. The summed E-state index contributed by atoms with van der Waals surface area (Å²) in [6.07, 6.45) is 2.14. The third-order valence-corrected chi connectivity index (χ3v) is 3.80. The van der Waals surface area contributed by atoms with Crippen molar-refractivity contribution in [1.82, 2.24) is 0 Å². The van der Waals surface area contributed by atoms with Crippen LogP contribution in [0.1, 0.15) is 36.9 Å². The molecule has 0 saturated heterocycles. The molecule has 2 atom stereocenters. The summed E-state index contributed by atoms with van der Waals surface area (Å²) in [6.45, 7) is 2.07. The van der Waals surface area contributed by atoms with E-state index in [1.165, 1.54) is 6.07 Å². The largest absolute Gasteiger partial charge is 0.324 e.